The van der Waals surface area contributed by atoms with Gasteiger partial charge in [-0.1, -0.05) is 12.1 Å². The van der Waals surface area contributed by atoms with Crippen molar-refractivity contribution in [1.29, 1.82) is 0 Å². The molecule has 29 heavy (non-hydrogen) atoms. The Kier molecular flexibility index (Phi) is 7.37. The average molecular weight is 399 g/mol. The standard InChI is InChI=1S/C21H30N6O2/c1-16-23-18(15-20(24-16)22-9-6-10-26(2)3)21(28)25-17-7-4-5-8-19(17)27-11-13-29-14-12-27/h4-5,7-8,15H,6,9-14H2,1-3H3,(H,25,28)(H,22,23,24). The number of hydrogen-bond acceptors (Lipinski definition) is 7. The Morgan fingerprint density at radius 2 is 1.97 bits per heavy atom. The molecule has 0 unspecified atom stereocenters. The number of morpholine rings is 1. The number of anilines is 3. The normalized spacial score (nSPS) is 14.1. The van der Waals surface area contributed by atoms with E-state index in [2.05, 4.69) is 30.4 Å². The summed E-state index contributed by atoms with van der Waals surface area (Å²) < 4.78 is 5.44. The second-order valence-corrected chi connectivity index (χ2v) is 7.34. The summed E-state index contributed by atoms with van der Waals surface area (Å²) in [5, 5.41) is 6.30. The second-order valence-electron chi connectivity index (χ2n) is 7.34. The Labute approximate surface area is 172 Å². The van der Waals surface area contributed by atoms with Crippen LogP contribution in [-0.2, 0) is 4.74 Å². The number of carbonyl (C=O) groups excluding carboxylic acids is 1. The number of hydrogen-bond donors (Lipinski definition) is 2. The number of nitrogens with zero attached hydrogens (tertiary/aromatic N) is 4. The molecule has 0 bridgehead atoms. The SMILES string of the molecule is Cc1nc(NCCCN(C)C)cc(C(=O)Nc2ccccc2N2CCOCC2)n1. The van der Waals surface area contributed by atoms with Crippen molar-refractivity contribution in [2.75, 3.05) is 69.0 Å². The Morgan fingerprint density at radius 3 is 2.72 bits per heavy atom. The Bertz CT molecular complexity index is 821. The molecule has 1 aromatic carbocycles. The van der Waals surface area contributed by atoms with E-state index in [1.165, 1.54) is 0 Å². The number of aryl methyl sites for hydroxylation is 1. The summed E-state index contributed by atoms with van der Waals surface area (Å²) in [5.74, 6) is 0.990. The lowest BCUT2D eigenvalue weighted by atomic mass is 10.2. The summed E-state index contributed by atoms with van der Waals surface area (Å²) >= 11 is 0. The predicted molar refractivity (Wildman–Crippen MR) is 116 cm³/mol. The van der Waals surface area contributed by atoms with Gasteiger partial charge < -0.3 is 25.2 Å². The molecule has 0 aliphatic carbocycles. The van der Waals surface area contributed by atoms with E-state index in [1.54, 1.807) is 13.0 Å². The van der Waals surface area contributed by atoms with E-state index in [-0.39, 0.29) is 5.91 Å². The van der Waals surface area contributed by atoms with Gasteiger partial charge in [0.05, 0.1) is 24.6 Å². The van der Waals surface area contributed by atoms with Gasteiger partial charge in [0, 0.05) is 25.7 Å². The minimum Gasteiger partial charge on any atom is -0.378 e. The molecule has 3 rings (SSSR count). The molecule has 2 aromatic rings. The summed E-state index contributed by atoms with van der Waals surface area (Å²) in [5.41, 5.74) is 2.12. The van der Waals surface area contributed by atoms with Gasteiger partial charge in [0.15, 0.2) is 0 Å². The highest BCUT2D eigenvalue weighted by Crippen LogP contribution is 2.26. The van der Waals surface area contributed by atoms with E-state index in [0.717, 1.165) is 44.0 Å². The van der Waals surface area contributed by atoms with Crippen molar-refractivity contribution in [1.82, 2.24) is 14.9 Å². The van der Waals surface area contributed by atoms with Crippen LogP contribution in [0.4, 0.5) is 17.2 Å². The van der Waals surface area contributed by atoms with Crippen molar-refractivity contribution in [2.45, 2.75) is 13.3 Å². The first kappa shape index (κ1) is 21.0. The first-order valence-corrected chi connectivity index (χ1v) is 10.0. The fourth-order valence-corrected chi connectivity index (χ4v) is 3.23. The monoisotopic (exact) mass is 398 g/mol. The van der Waals surface area contributed by atoms with Gasteiger partial charge in [-0.15, -0.1) is 0 Å². The zero-order valence-electron chi connectivity index (χ0n) is 17.4. The van der Waals surface area contributed by atoms with Crippen molar-refractivity contribution in [3.8, 4) is 0 Å². The molecular formula is C21H30N6O2. The number of aromatic nitrogens is 2. The summed E-state index contributed by atoms with van der Waals surface area (Å²) in [4.78, 5) is 26.0. The van der Waals surface area contributed by atoms with Crippen molar-refractivity contribution in [3.05, 3.63) is 41.9 Å². The number of ether oxygens (including phenoxy) is 1. The van der Waals surface area contributed by atoms with Crippen LogP contribution in [0, 0.1) is 6.92 Å². The lowest BCUT2D eigenvalue weighted by Crippen LogP contribution is -2.36. The predicted octanol–water partition coefficient (Wildman–Crippen LogP) is 2.24. The Balaban J connectivity index is 1.69. The van der Waals surface area contributed by atoms with E-state index >= 15 is 0 Å². The lowest BCUT2D eigenvalue weighted by molar-refractivity contribution is 0.102. The molecule has 1 amide bonds. The topological polar surface area (TPSA) is 82.6 Å². The smallest absolute Gasteiger partial charge is 0.274 e. The van der Waals surface area contributed by atoms with Crippen LogP contribution in [-0.4, -0.2) is 74.3 Å². The highest BCUT2D eigenvalue weighted by molar-refractivity contribution is 6.05. The van der Waals surface area contributed by atoms with Crippen LogP contribution < -0.4 is 15.5 Å². The summed E-state index contributed by atoms with van der Waals surface area (Å²) in [6.07, 6.45) is 0.991. The number of nitrogens with one attached hydrogen (secondary N) is 2. The van der Waals surface area contributed by atoms with Crippen molar-refractivity contribution < 1.29 is 9.53 Å². The third-order valence-electron chi connectivity index (χ3n) is 4.66. The average Bonchev–Trinajstić information content (AvgIpc) is 2.72. The zero-order valence-corrected chi connectivity index (χ0v) is 17.4. The lowest BCUT2D eigenvalue weighted by Gasteiger charge is -2.30. The third kappa shape index (κ3) is 6.13. The number of carbonyl (C=O) groups is 1. The van der Waals surface area contributed by atoms with Gasteiger partial charge in [0.25, 0.3) is 5.91 Å². The molecular weight excluding hydrogens is 368 g/mol. The largest absolute Gasteiger partial charge is 0.378 e. The molecule has 0 radical (unpaired) electrons. The van der Waals surface area contributed by atoms with Gasteiger partial charge >= 0.3 is 0 Å². The molecule has 1 fully saturated rings. The molecule has 1 aliphatic heterocycles. The maximum atomic E-state index is 12.9. The molecule has 8 nitrogen and oxygen atoms in total. The number of rotatable bonds is 8. The molecule has 1 aromatic heterocycles. The molecule has 1 saturated heterocycles. The first-order valence-electron chi connectivity index (χ1n) is 10.0. The Morgan fingerprint density at radius 1 is 1.21 bits per heavy atom. The molecule has 156 valence electrons. The summed E-state index contributed by atoms with van der Waals surface area (Å²) in [7, 11) is 4.10. The van der Waals surface area contributed by atoms with Crippen LogP contribution in [0.3, 0.4) is 0 Å². The van der Waals surface area contributed by atoms with E-state index in [0.29, 0.717) is 30.5 Å². The van der Waals surface area contributed by atoms with Crippen molar-refractivity contribution in [2.24, 2.45) is 0 Å². The van der Waals surface area contributed by atoms with Crippen molar-refractivity contribution in [3.63, 3.8) is 0 Å². The first-order chi connectivity index (χ1) is 14.0. The van der Waals surface area contributed by atoms with Crippen LogP contribution in [0.5, 0.6) is 0 Å². The van der Waals surface area contributed by atoms with Crippen LogP contribution in [0.25, 0.3) is 0 Å². The molecule has 2 N–H and O–H groups in total. The highest BCUT2D eigenvalue weighted by Gasteiger charge is 2.17. The Hall–Kier alpha value is -2.71. The second kappa shape index (κ2) is 10.2. The van der Waals surface area contributed by atoms with Crippen LogP contribution in [0.1, 0.15) is 22.7 Å². The quantitative estimate of drug-likeness (QED) is 0.660. The molecule has 0 spiro atoms. The van der Waals surface area contributed by atoms with Gasteiger partial charge in [0.1, 0.15) is 17.3 Å². The zero-order chi connectivity index (χ0) is 20.6. The van der Waals surface area contributed by atoms with Gasteiger partial charge in [0.2, 0.25) is 0 Å². The summed E-state index contributed by atoms with van der Waals surface area (Å²) in [6.45, 7) is 6.56. The maximum absolute atomic E-state index is 12.9. The van der Waals surface area contributed by atoms with E-state index in [1.807, 2.05) is 38.4 Å². The molecule has 0 saturated carbocycles. The fourth-order valence-electron chi connectivity index (χ4n) is 3.23. The van der Waals surface area contributed by atoms with E-state index in [9.17, 15) is 4.79 Å². The van der Waals surface area contributed by atoms with Crippen LogP contribution in [0.15, 0.2) is 30.3 Å². The minimum absolute atomic E-state index is 0.243. The summed E-state index contributed by atoms with van der Waals surface area (Å²) in [6, 6.07) is 9.53. The maximum Gasteiger partial charge on any atom is 0.274 e. The fraction of sp³-hybridized carbons (Fsp3) is 0.476. The minimum atomic E-state index is -0.243. The molecule has 0 atom stereocenters. The van der Waals surface area contributed by atoms with Crippen LogP contribution >= 0.6 is 0 Å². The van der Waals surface area contributed by atoms with Crippen molar-refractivity contribution >= 4 is 23.1 Å². The van der Waals surface area contributed by atoms with E-state index < -0.39 is 0 Å². The van der Waals surface area contributed by atoms with E-state index in [4.69, 9.17) is 4.74 Å². The van der Waals surface area contributed by atoms with Crippen LogP contribution in [0.2, 0.25) is 0 Å². The third-order valence-corrected chi connectivity index (χ3v) is 4.66. The number of amides is 1. The number of benzene rings is 1. The van der Waals surface area contributed by atoms with Gasteiger partial charge in [-0.2, -0.15) is 0 Å². The highest BCUT2D eigenvalue weighted by atomic mass is 16.5. The molecule has 2 heterocycles. The number of para-hydroxylation sites is 2. The molecule has 8 heteroatoms. The van der Waals surface area contributed by atoms with Gasteiger partial charge in [-0.3, -0.25) is 4.79 Å². The van der Waals surface area contributed by atoms with Gasteiger partial charge in [-0.25, -0.2) is 9.97 Å². The molecule has 1 aliphatic rings. The van der Waals surface area contributed by atoms with Gasteiger partial charge in [-0.05, 0) is 46.1 Å².